The molecule has 37 heavy (non-hydrogen) atoms. The minimum atomic E-state index is -1.01. The molecule has 0 radical (unpaired) electrons. The van der Waals surface area contributed by atoms with Crippen molar-refractivity contribution < 1.29 is 24.2 Å². The summed E-state index contributed by atoms with van der Waals surface area (Å²) < 4.78 is 12.9. The van der Waals surface area contributed by atoms with Crippen LogP contribution in [0.3, 0.4) is 0 Å². The van der Waals surface area contributed by atoms with Gasteiger partial charge in [0, 0.05) is 23.5 Å². The Morgan fingerprint density at radius 2 is 1.54 bits per heavy atom. The number of carboxylic acids is 1. The second kappa shape index (κ2) is 11.1. The van der Waals surface area contributed by atoms with Crippen LogP contribution < -0.4 is 0 Å². The number of ether oxygens (including phenoxy) is 2. The van der Waals surface area contributed by atoms with Gasteiger partial charge in [0.15, 0.2) is 0 Å². The molecule has 1 saturated heterocycles. The number of hydrogen-bond acceptors (Lipinski definition) is 4. The Morgan fingerprint density at radius 1 is 0.892 bits per heavy atom. The minimum absolute atomic E-state index is 0.00635. The van der Waals surface area contributed by atoms with Crippen LogP contribution in [0.4, 0.5) is 4.79 Å². The molecular weight excluding hydrogens is 534 g/mol. The van der Waals surface area contributed by atoms with E-state index in [9.17, 15) is 14.7 Å². The van der Waals surface area contributed by atoms with Crippen LogP contribution in [0.5, 0.6) is 0 Å². The quantitative estimate of drug-likeness (QED) is 0.367. The van der Waals surface area contributed by atoms with E-state index in [0.717, 1.165) is 22.9 Å². The summed E-state index contributed by atoms with van der Waals surface area (Å²) in [6.07, 6.45) is 2.44. The average Bonchev–Trinajstić information content (AvgIpc) is 3.21. The lowest BCUT2D eigenvalue weighted by atomic mass is 9.84. The summed E-state index contributed by atoms with van der Waals surface area (Å²) in [5.74, 6) is -1.00. The number of carbonyl (C=O) groups is 2. The van der Waals surface area contributed by atoms with Crippen molar-refractivity contribution in [2.24, 2.45) is 0 Å². The van der Waals surface area contributed by atoms with Crippen molar-refractivity contribution in [3.05, 3.63) is 94.0 Å². The zero-order valence-electron chi connectivity index (χ0n) is 20.6. The first kappa shape index (κ1) is 25.5. The molecule has 1 aliphatic heterocycles. The summed E-state index contributed by atoms with van der Waals surface area (Å²) in [5, 5.41) is 9.31. The van der Waals surface area contributed by atoms with Crippen molar-refractivity contribution in [2.75, 3.05) is 26.3 Å². The number of amides is 1. The highest BCUT2D eigenvalue weighted by Crippen LogP contribution is 2.44. The van der Waals surface area contributed by atoms with E-state index in [1.807, 2.05) is 48.5 Å². The number of hydrogen-bond donors (Lipinski definition) is 1. The van der Waals surface area contributed by atoms with E-state index < -0.39 is 11.6 Å². The highest BCUT2D eigenvalue weighted by molar-refractivity contribution is 9.10. The zero-order chi connectivity index (χ0) is 25.8. The molecule has 1 N–H and O–H groups in total. The van der Waals surface area contributed by atoms with Gasteiger partial charge in [-0.3, -0.25) is 0 Å². The number of aliphatic carboxylic acids is 1. The zero-order valence-corrected chi connectivity index (χ0v) is 22.2. The average molecular weight is 564 g/mol. The standard InChI is InChI=1S/C30H30BrNO5/c31-22-13-11-21(12-14-22)30(37-20-28(33)34)15-5-6-17-32(18-16-30)29(35)36-19-27-25-9-3-1-7-23(25)24-8-2-4-10-26(24)27/h1-4,7-14,27H,5-6,15-20H2,(H,33,34). The summed E-state index contributed by atoms with van der Waals surface area (Å²) in [5.41, 5.74) is 4.90. The maximum Gasteiger partial charge on any atom is 0.409 e. The van der Waals surface area contributed by atoms with Gasteiger partial charge in [-0.15, -0.1) is 0 Å². The van der Waals surface area contributed by atoms with Gasteiger partial charge in [-0.2, -0.15) is 0 Å². The molecule has 5 rings (SSSR count). The fourth-order valence-corrected chi connectivity index (χ4v) is 5.87. The first-order valence-corrected chi connectivity index (χ1v) is 13.5. The Morgan fingerprint density at radius 3 is 2.19 bits per heavy atom. The second-order valence-corrected chi connectivity index (χ2v) is 10.6. The van der Waals surface area contributed by atoms with Crippen LogP contribution in [0, 0.1) is 0 Å². The minimum Gasteiger partial charge on any atom is -0.480 e. The van der Waals surface area contributed by atoms with Crippen molar-refractivity contribution in [3.8, 4) is 11.1 Å². The van der Waals surface area contributed by atoms with E-state index >= 15 is 0 Å². The van der Waals surface area contributed by atoms with Crippen LogP contribution in [0.25, 0.3) is 11.1 Å². The number of nitrogens with zero attached hydrogens (tertiary/aromatic N) is 1. The largest absolute Gasteiger partial charge is 0.480 e. The maximum atomic E-state index is 13.3. The SMILES string of the molecule is O=C(O)COC1(c2ccc(Br)cc2)CCCCN(C(=O)OCC2c3ccccc3-c3ccccc32)CC1. The Labute approximate surface area is 225 Å². The van der Waals surface area contributed by atoms with Gasteiger partial charge in [-0.1, -0.05) is 76.6 Å². The van der Waals surface area contributed by atoms with E-state index in [4.69, 9.17) is 9.47 Å². The molecule has 1 aliphatic carbocycles. The lowest BCUT2D eigenvalue weighted by Gasteiger charge is -2.38. The summed E-state index contributed by atoms with van der Waals surface area (Å²) >= 11 is 3.47. The van der Waals surface area contributed by atoms with Gasteiger partial charge in [0.25, 0.3) is 0 Å². The Bertz CT molecular complexity index is 1230. The second-order valence-electron chi connectivity index (χ2n) is 9.68. The lowest BCUT2D eigenvalue weighted by Crippen LogP contribution is -2.42. The fraction of sp³-hybridized carbons (Fsp3) is 0.333. The molecule has 3 aromatic rings. The van der Waals surface area contributed by atoms with Gasteiger partial charge in [0.2, 0.25) is 0 Å². The summed E-state index contributed by atoms with van der Waals surface area (Å²) in [4.78, 5) is 26.4. The molecule has 1 fully saturated rings. The van der Waals surface area contributed by atoms with Crippen molar-refractivity contribution in [1.82, 2.24) is 4.90 Å². The Kier molecular flexibility index (Phi) is 7.63. The van der Waals surface area contributed by atoms with E-state index in [2.05, 4.69) is 40.2 Å². The molecule has 6 nitrogen and oxygen atoms in total. The molecule has 1 unspecified atom stereocenters. The third-order valence-corrected chi connectivity index (χ3v) is 8.01. The third kappa shape index (κ3) is 5.43. The van der Waals surface area contributed by atoms with Gasteiger partial charge in [0.05, 0.1) is 5.60 Å². The van der Waals surface area contributed by atoms with Gasteiger partial charge >= 0.3 is 12.1 Å². The molecule has 1 atom stereocenters. The van der Waals surface area contributed by atoms with Crippen LogP contribution in [0.2, 0.25) is 0 Å². The van der Waals surface area contributed by atoms with E-state index in [-0.39, 0.29) is 25.2 Å². The van der Waals surface area contributed by atoms with E-state index in [0.29, 0.717) is 25.9 Å². The van der Waals surface area contributed by atoms with Crippen LogP contribution in [-0.4, -0.2) is 48.4 Å². The van der Waals surface area contributed by atoms with Gasteiger partial charge < -0.3 is 19.5 Å². The fourth-order valence-electron chi connectivity index (χ4n) is 5.60. The normalized spacial score (nSPS) is 19.4. The number of likely N-dealkylation sites (tertiary alicyclic amines) is 1. The van der Waals surface area contributed by atoms with Crippen molar-refractivity contribution in [2.45, 2.75) is 37.2 Å². The van der Waals surface area contributed by atoms with Crippen molar-refractivity contribution in [3.63, 3.8) is 0 Å². The number of fused-ring (bicyclic) bond motifs is 3. The van der Waals surface area contributed by atoms with Gasteiger partial charge in [-0.25, -0.2) is 9.59 Å². The highest BCUT2D eigenvalue weighted by atomic mass is 79.9. The van der Waals surface area contributed by atoms with E-state index in [1.54, 1.807) is 4.90 Å². The maximum absolute atomic E-state index is 13.3. The molecule has 2 aliphatic rings. The molecule has 0 saturated carbocycles. The first-order chi connectivity index (χ1) is 18.0. The lowest BCUT2D eigenvalue weighted by molar-refractivity contribution is -0.153. The first-order valence-electron chi connectivity index (χ1n) is 12.7. The predicted molar refractivity (Wildman–Crippen MR) is 145 cm³/mol. The molecule has 3 aromatic carbocycles. The predicted octanol–water partition coefficient (Wildman–Crippen LogP) is 6.57. The highest BCUT2D eigenvalue weighted by Gasteiger charge is 2.37. The number of benzene rings is 3. The molecule has 1 heterocycles. The number of carboxylic acid groups (broad SMARTS) is 1. The summed E-state index contributed by atoms with van der Waals surface area (Å²) in [6, 6.07) is 24.4. The number of rotatable bonds is 6. The number of halogens is 1. The van der Waals surface area contributed by atoms with Crippen molar-refractivity contribution >= 4 is 28.0 Å². The molecular formula is C30H30BrNO5. The summed E-state index contributed by atoms with van der Waals surface area (Å²) in [6.45, 7) is 0.913. The molecule has 1 amide bonds. The number of carbonyl (C=O) groups excluding carboxylic acids is 1. The molecule has 0 bridgehead atoms. The topological polar surface area (TPSA) is 76.1 Å². The van der Waals surface area contributed by atoms with E-state index in [1.165, 1.54) is 22.3 Å². The Hall–Kier alpha value is -3.16. The molecule has 0 spiro atoms. The van der Waals surface area contributed by atoms with Crippen LogP contribution in [-0.2, 0) is 19.9 Å². The van der Waals surface area contributed by atoms with Crippen LogP contribution >= 0.6 is 15.9 Å². The molecule has 7 heteroatoms. The smallest absolute Gasteiger partial charge is 0.409 e. The van der Waals surface area contributed by atoms with Crippen LogP contribution in [0.1, 0.15) is 48.3 Å². The van der Waals surface area contributed by atoms with Crippen LogP contribution in [0.15, 0.2) is 77.3 Å². The summed E-state index contributed by atoms with van der Waals surface area (Å²) in [7, 11) is 0. The Balaban J connectivity index is 1.30. The third-order valence-electron chi connectivity index (χ3n) is 7.48. The monoisotopic (exact) mass is 563 g/mol. The molecule has 0 aromatic heterocycles. The van der Waals surface area contributed by atoms with Gasteiger partial charge in [-0.05, 0) is 65.6 Å². The molecule has 192 valence electrons. The van der Waals surface area contributed by atoms with Crippen molar-refractivity contribution in [1.29, 1.82) is 0 Å². The van der Waals surface area contributed by atoms with Gasteiger partial charge in [0.1, 0.15) is 13.2 Å².